The van der Waals surface area contributed by atoms with E-state index in [2.05, 4.69) is 15.3 Å². The lowest BCUT2D eigenvalue weighted by Gasteiger charge is -2.04. The molecule has 0 bridgehead atoms. The minimum Gasteiger partial charge on any atom is -0.350 e. The normalized spacial score (nSPS) is 11.2. The van der Waals surface area contributed by atoms with Crippen LogP contribution in [0.1, 0.15) is 16.1 Å². The van der Waals surface area contributed by atoms with Gasteiger partial charge in [-0.1, -0.05) is 18.2 Å². The molecule has 0 saturated heterocycles. The lowest BCUT2D eigenvalue weighted by molar-refractivity contribution is 0.0952. The zero-order chi connectivity index (χ0) is 15.8. The number of nitrogens with one attached hydrogen (secondary N) is 1. The fourth-order valence-corrected chi connectivity index (χ4v) is 2.81. The minimum absolute atomic E-state index is 0.0918. The van der Waals surface area contributed by atoms with Crippen LogP contribution in [0.3, 0.4) is 0 Å². The lowest BCUT2D eigenvalue weighted by atomic mass is 10.1. The highest BCUT2D eigenvalue weighted by Crippen LogP contribution is 2.20. The van der Waals surface area contributed by atoms with E-state index in [1.807, 2.05) is 52.7 Å². The van der Waals surface area contributed by atoms with Crippen molar-refractivity contribution in [2.24, 2.45) is 7.05 Å². The van der Waals surface area contributed by atoms with Crippen molar-refractivity contribution in [1.82, 2.24) is 24.3 Å². The molecule has 1 N–H and O–H groups in total. The molecule has 0 saturated carbocycles. The first-order valence-electron chi connectivity index (χ1n) is 7.32. The number of hydrogen-bond donors (Lipinski definition) is 1. The van der Waals surface area contributed by atoms with Gasteiger partial charge in [-0.2, -0.15) is 0 Å². The molecule has 3 aromatic heterocycles. The standard InChI is InChI=1S/C17H15N5O/c1-21-11-14(13-4-2-3-5-15(13)21)17(23)20-9-12-8-19-16-10-18-6-7-22(12)16/h2-8,10-11H,9H2,1H3,(H,20,23). The number of aryl methyl sites for hydroxylation is 1. The Bertz CT molecular complexity index is 1010. The summed E-state index contributed by atoms with van der Waals surface area (Å²) in [5, 5.41) is 3.92. The Morgan fingerprint density at radius 2 is 2.13 bits per heavy atom. The molecule has 0 fully saturated rings. The van der Waals surface area contributed by atoms with E-state index in [-0.39, 0.29) is 5.91 Å². The van der Waals surface area contributed by atoms with Gasteiger partial charge in [0.1, 0.15) is 0 Å². The van der Waals surface area contributed by atoms with Crippen LogP contribution in [0.15, 0.2) is 55.2 Å². The molecule has 1 aromatic carbocycles. The summed E-state index contributed by atoms with van der Waals surface area (Å²) in [5.74, 6) is -0.0918. The topological polar surface area (TPSA) is 64.2 Å². The molecule has 0 aliphatic carbocycles. The van der Waals surface area contributed by atoms with Crippen LogP contribution < -0.4 is 5.32 Å². The third-order valence-corrected chi connectivity index (χ3v) is 3.97. The maximum atomic E-state index is 12.5. The maximum Gasteiger partial charge on any atom is 0.253 e. The van der Waals surface area contributed by atoms with E-state index in [9.17, 15) is 4.79 Å². The van der Waals surface area contributed by atoms with Crippen LogP contribution in [0.2, 0.25) is 0 Å². The molecule has 0 aliphatic rings. The summed E-state index contributed by atoms with van der Waals surface area (Å²) < 4.78 is 3.88. The number of carbonyl (C=O) groups excluding carboxylic acids is 1. The van der Waals surface area contributed by atoms with Crippen LogP contribution in [0, 0.1) is 0 Å². The third-order valence-electron chi connectivity index (χ3n) is 3.97. The van der Waals surface area contributed by atoms with E-state index in [0.29, 0.717) is 12.1 Å². The van der Waals surface area contributed by atoms with E-state index >= 15 is 0 Å². The van der Waals surface area contributed by atoms with Crippen LogP contribution in [-0.2, 0) is 13.6 Å². The van der Waals surface area contributed by atoms with Crippen molar-refractivity contribution < 1.29 is 4.79 Å². The number of amides is 1. The maximum absolute atomic E-state index is 12.5. The molecule has 0 radical (unpaired) electrons. The Morgan fingerprint density at radius 1 is 1.26 bits per heavy atom. The Hall–Kier alpha value is -3.15. The Labute approximate surface area is 132 Å². The largest absolute Gasteiger partial charge is 0.350 e. The zero-order valence-corrected chi connectivity index (χ0v) is 12.6. The Morgan fingerprint density at radius 3 is 3.04 bits per heavy atom. The number of benzene rings is 1. The molecule has 4 rings (SSSR count). The van der Waals surface area contributed by atoms with Gasteiger partial charge in [0.2, 0.25) is 0 Å². The summed E-state index contributed by atoms with van der Waals surface area (Å²) in [6, 6.07) is 7.88. The van der Waals surface area contributed by atoms with Gasteiger partial charge < -0.3 is 9.88 Å². The van der Waals surface area contributed by atoms with Gasteiger partial charge in [0.15, 0.2) is 5.65 Å². The second-order valence-electron chi connectivity index (χ2n) is 5.41. The molecule has 6 nitrogen and oxygen atoms in total. The SMILES string of the molecule is Cn1cc(C(=O)NCc2cnc3cnccn23)c2ccccc21. The first-order valence-corrected chi connectivity index (χ1v) is 7.32. The third kappa shape index (κ3) is 2.24. The first kappa shape index (κ1) is 13.5. The first-order chi connectivity index (χ1) is 11.2. The minimum atomic E-state index is -0.0918. The molecule has 0 atom stereocenters. The zero-order valence-electron chi connectivity index (χ0n) is 12.6. The van der Waals surface area contributed by atoms with E-state index in [4.69, 9.17) is 0 Å². The number of aromatic nitrogens is 4. The molecule has 1 amide bonds. The number of hydrogen-bond acceptors (Lipinski definition) is 3. The monoisotopic (exact) mass is 305 g/mol. The molecule has 0 spiro atoms. The second kappa shape index (κ2) is 5.24. The predicted molar refractivity (Wildman–Crippen MR) is 87.1 cm³/mol. The molecular formula is C17H15N5O. The predicted octanol–water partition coefficient (Wildman–Crippen LogP) is 2.15. The summed E-state index contributed by atoms with van der Waals surface area (Å²) in [6.07, 6.45) is 8.83. The molecule has 0 aliphatic heterocycles. The van der Waals surface area contributed by atoms with E-state index in [1.54, 1.807) is 18.6 Å². The van der Waals surface area contributed by atoms with Gasteiger partial charge in [0.25, 0.3) is 5.91 Å². The molecular weight excluding hydrogens is 290 g/mol. The molecule has 23 heavy (non-hydrogen) atoms. The van der Waals surface area contributed by atoms with Crippen LogP contribution >= 0.6 is 0 Å². The number of carbonyl (C=O) groups is 1. The number of rotatable bonds is 3. The van der Waals surface area contributed by atoms with Crippen LogP contribution in [-0.4, -0.2) is 24.8 Å². The highest BCUT2D eigenvalue weighted by atomic mass is 16.1. The fourth-order valence-electron chi connectivity index (χ4n) is 2.81. The van der Waals surface area contributed by atoms with Crippen molar-refractivity contribution in [3.63, 3.8) is 0 Å². The van der Waals surface area contributed by atoms with Gasteiger partial charge in [-0.25, -0.2) is 4.98 Å². The van der Waals surface area contributed by atoms with Crippen molar-refractivity contribution in [2.75, 3.05) is 0 Å². The summed E-state index contributed by atoms with van der Waals surface area (Å²) in [6.45, 7) is 0.410. The number of fused-ring (bicyclic) bond motifs is 2. The smallest absolute Gasteiger partial charge is 0.253 e. The second-order valence-corrected chi connectivity index (χ2v) is 5.41. The van der Waals surface area contributed by atoms with Crippen molar-refractivity contribution in [3.8, 4) is 0 Å². The summed E-state index contributed by atoms with van der Waals surface area (Å²) in [5.41, 5.74) is 3.40. The highest BCUT2D eigenvalue weighted by molar-refractivity contribution is 6.06. The number of nitrogens with zero attached hydrogens (tertiary/aromatic N) is 4. The van der Waals surface area contributed by atoms with E-state index in [1.165, 1.54) is 0 Å². The van der Waals surface area contributed by atoms with Gasteiger partial charge in [0, 0.05) is 36.5 Å². The van der Waals surface area contributed by atoms with Gasteiger partial charge in [-0.3, -0.25) is 14.2 Å². The average molecular weight is 305 g/mol. The fraction of sp³-hybridized carbons (Fsp3) is 0.118. The van der Waals surface area contributed by atoms with Crippen LogP contribution in [0.5, 0.6) is 0 Å². The molecule has 114 valence electrons. The molecule has 4 aromatic rings. The average Bonchev–Trinajstić information content (AvgIpc) is 3.15. The van der Waals surface area contributed by atoms with Crippen molar-refractivity contribution in [2.45, 2.75) is 6.54 Å². The van der Waals surface area contributed by atoms with Gasteiger partial charge in [-0.05, 0) is 6.07 Å². The van der Waals surface area contributed by atoms with Gasteiger partial charge in [-0.15, -0.1) is 0 Å². The van der Waals surface area contributed by atoms with Crippen molar-refractivity contribution in [3.05, 3.63) is 66.5 Å². The van der Waals surface area contributed by atoms with Crippen molar-refractivity contribution >= 4 is 22.5 Å². The Kier molecular flexibility index (Phi) is 3.08. The summed E-state index contributed by atoms with van der Waals surface area (Å²) in [4.78, 5) is 20.8. The number of imidazole rings is 1. The Balaban J connectivity index is 1.60. The van der Waals surface area contributed by atoms with Crippen LogP contribution in [0.25, 0.3) is 16.6 Å². The van der Waals surface area contributed by atoms with Crippen LogP contribution in [0.4, 0.5) is 0 Å². The van der Waals surface area contributed by atoms with Crippen molar-refractivity contribution in [1.29, 1.82) is 0 Å². The quantitative estimate of drug-likeness (QED) is 0.631. The van der Waals surface area contributed by atoms with E-state index in [0.717, 1.165) is 22.2 Å². The molecule has 6 heteroatoms. The van der Waals surface area contributed by atoms with E-state index < -0.39 is 0 Å². The highest BCUT2D eigenvalue weighted by Gasteiger charge is 2.14. The summed E-state index contributed by atoms with van der Waals surface area (Å²) >= 11 is 0. The van der Waals surface area contributed by atoms with Gasteiger partial charge in [0.05, 0.1) is 30.2 Å². The molecule has 0 unspecified atom stereocenters. The summed E-state index contributed by atoms with van der Waals surface area (Å²) in [7, 11) is 1.94. The number of para-hydroxylation sites is 1. The lowest BCUT2D eigenvalue weighted by Crippen LogP contribution is -2.23. The van der Waals surface area contributed by atoms with Gasteiger partial charge >= 0.3 is 0 Å². The molecule has 3 heterocycles.